The summed E-state index contributed by atoms with van der Waals surface area (Å²) >= 11 is 0. The van der Waals surface area contributed by atoms with Gasteiger partial charge in [0.1, 0.15) is 0 Å². The van der Waals surface area contributed by atoms with E-state index in [4.69, 9.17) is 5.11 Å². The van der Waals surface area contributed by atoms with Crippen molar-refractivity contribution in [2.45, 2.75) is 32.4 Å². The molecule has 1 heterocycles. The summed E-state index contributed by atoms with van der Waals surface area (Å²) in [5.41, 5.74) is -0.724. The number of aliphatic carboxylic acids is 1. The Morgan fingerprint density at radius 2 is 2.14 bits per heavy atom. The third-order valence-corrected chi connectivity index (χ3v) is 2.90. The second kappa shape index (κ2) is 7.58. The lowest BCUT2D eigenvalue weighted by Gasteiger charge is -2.25. The van der Waals surface area contributed by atoms with Gasteiger partial charge in [-0.25, -0.2) is 4.79 Å². The van der Waals surface area contributed by atoms with E-state index in [1.54, 1.807) is 12.3 Å². The zero-order chi connectivity index (χ0) is 15.9. The van der Waals surface area contributed by atoms with E-state index in [-0.39, 0.29) is 12.6 Å². The van der Waals surface area contributed by atoms with Crippen LogP contribution < -0.4 is 5.32 Å². The smallest absolute Gasteiger partial charge is 0.317 e. The minimum Gasteiger partial charge on any atom is -0.481 e. The molecule has 2 amide bonds. The molecular weight excluding hydrogens is 274 g/mol. The summed E-state index contributed by atoms with van der Waals surface area (Å²) in [5, 5.41) is 21.1. The van der Waals surface area contributed by atoms with Crippen molar-refractivity contribution in [3.05, 3.63) is 30.1 Å². The highest BCUT2D eigenvalue weighted by Gasteiger charge is 2.25. The molecule has 1 aromatic rings. The maximum atomic E-state index is 12.0. The van der Waals surface area contributed by atoms with E-state index in [0.29, 0.717) is 13.1 Å². The van der Waals surface area contributed by atoms with Crippen molar-refractivity contribution in [1.29, 1.82) is 0 Å². The van der Waals surface area contributed by atoms with E-state index in [1.165, 1.54) is 11.8 Å². The zero-order valence-corrected chi connectivity index (χ0v) is 12.2. The Bertz CT molecular complexity index is 476. The Labute approximate surface area is 123 Å². The molecule has 0 saturated carbocycles. The van der Waals surface area contributed by atoms with Crippen LogP contribution in [0.3, 0.4) is 0 Å². The first kappa shape index (κ1) is 16.9. The fourth-order valence-corrected chi connectivity index (χ4v) is 1.78. The Morgan fingerprint density at radius 3 is 2.67 bits per heavy atom. The highest BCUT2D eigenvalue weighted by molar-refractivity contribution is 5.74. The van der Waals surface area contributed by atoms with Crippen LogP contribution in [-0.4, -0.2) is 50.8 Å². The van der Waals surface area contributed by atoms with Crippen molar-refractivity contribution < 1.29 is 19.8 Å². The van der Waals surface area contributed by atoms with Crippen molar-refractivity contribution >= 4 is 12.0 Å². The molecule has 1 atom stereocenters. The molecule has 116 valence electrons. The normalized spacial score (nSPS) is 13.3. The maximum absolute atomic E-state index is 12.0. The monoisotopic (exact) mass is 295 g/mol. The predicted octanol–water partition coefficient (Wildman–Crippen LogP) is 0.839. The fourth-order valence-electron chi connectivity index (χ4n) is 1.78. The number of rotatable bonds is 7. The van der Waals surface area contributed by atoms with E-state index in [1.807, 2.05) is 19.1 Å². The first-order valence-corrected chi connectivity index (χ1v) is 6.71. The van der Waals surface area contributed by atoms with E-state index >= 15 is 0 Å². The van der Waals surface area contributed by atoms with Gasteiger partial charge in [0.05, 0.1) is 24.3 Å². The van der Waals surface area contributed by atoms with Gasteiger partial charge in [-0.15, -0.1) is 0 Å². The predicted molar refractivity (Wildman–Crippen MR) is 76.6 cm³/mol. The van der Waals surface area contributed by atoms with E-state index < -0.39 is 18.0 Å². The molecule has 7 heteroatoms. The summed E-state index contributed by atoms with van der Waals surface area (Å²) < 4.78 is 0. The van der Waals surface area contributed by atoms with Crippen molar-refractivity contribution in [3.8, 4) is 0 Å². The highest BCUT2D eigenvalue weighted by Crippen LogP contribution is 2.08. The molecule has 0 aliphatic carbocycles. The van der Waals surface area contributed by atoms with Gasteiger partial charge < -0.3 is 20.4 Å². The molecule has 0 aliphatic rings. The average Bonchev–Trinajstić information content (AvgIpc) is 2.42. The van der Waals surface area contributed by atoms with Gasteiger partial charge in [0.25, 0.3) is 0 Å². The van der Waals surface area contributed by atoms with E-state index in [2.05, 4.69) is 10.3 Å². The summed E-state index contributed by atoms with van der Waals surface area (Å²) in [6.45, 7) is 3.90. The number of carbonyl (C=O) groups excluding carboxylic acids is 1. The third kappa shape index (κ3) is 6.22. The van der Waals surface area contributed by atoms with Crippen LogP contribution in [-0.2, 0) is 11.3 Å². The van der Waals surface area contributed by atoms with Gasteiger partial charge in [-0.05, 0) is 26.0 Å². The van der Waals surface area contributed by atoms with Crippen molar-refractivity contribution in [2.24, 2.45) is 0 Å². The molecule has 21 heavy (non-hydrogen) atoms. The third-order valence-electron chi connectivity index (χ3n) is 2.90. The molecule has 1 unspecified atom stereocenters. The largest absolute Gasteiger partial charge is 0.481 e. The standard InChI is InChI=1S/C14H21N3O4/c1-3-17(9-11-6-4-5-7-15-11)13(20)16-10-14(2,21)8-12(18)19/h4-7,21H,3,8-10H2,1-2H3,(H,16,20)(H,18,19). The van der Waals surface area contributed by atoms with Crippen LogP contribution in [0.2, 0.25) is 0 Å². The average molecular weight is 295 g/mol. The SMILES string of the molecule is CCN(Cc1ccccn1)C(=O)NCC(C)(O)CC(=O)O. The van der Waals surface area contributed by atoms with E-state index in [0.717, 1.165) is 5.69 Å². The van der Waals surface area contributed by atoms with Crippen molar-refractivity contribution in [1.82, 2.24) is 15.2 Å². The summed E-state index contributed by atoms with van der Waals surface area (Å²) in [5.74, 6) is -1.12. The van der Waals surface area contributed by atoms with Crippen LogP contribution >= 0.6 is 0 Å². The lowest BCUT2D eigenvalue weighted by atomic mass is 10.0. The number of amides is 2. The van der Waals surface area contributed by atoms with Crippen LogP contribution in [0.25, 0.3) is 0 Å². The quantitative estimate of drug-likeness (QED) is 0.691. The molecule has 0 aliphatic heterocycles. The van der Waals surface area contributed by atoms with Gasteiger partial charge >= 0.3 is 12.0 Å². The van der Waals surface area contributed by atoms with Gasteiger partial charge in [0.2, 0.25) is 0 Å². The maximum Gasteiger partial charge on any atom is 0.317 e. The number of pyridine rings is 1. The number of hydrogen-bond acceptors (Lipinski definition) is 4. The molecule has 1 rings (SSSR count). The van der Waals surface area contributed by atoms with Crippen LogP contribution in [0, 0.1) is 0 Å². The second-order valence-electron chi connectivity index (χ2n) is 5.06. The highest BCUT2D eigenvalue weighted by atomic mass is 16.4. The number of nitrogens with zero attached hydrogens (tertiary/aromatic N) is 2. The van der Waals surface area contributed by atoms with Crippen LogP contribution in [0.1, 0.15) is 26.0 Å². The molecule has 1 aromatic heterocycles. The number of nitrogens with one attached hydrogen (secondary N) is 1. The minimum atomic E-state index is -1.48. The second-order valence-corrected chi connectivity index (χ2v) is 5.06. The van der Waals surface area contributed by atoms with Crippen LogP contribution in [0.4, 0.5) is 4.79 Å². The molecule has 0 spiro atoms. The number of carbonyl (C=O) groups is 2. The number of carboxylic acids is 1. The number of hydrogen-bond donors (Lipinski definition) is 3. The Balaban J connectivity index is 2.54. The Kier molecular flexibility index (Phi) is 6.10. The fraction of sp³-hybridized carbons (Fsp3) is 0.500. The van der Waals surface area contributed by atoms with Gasteiger partial charge in [0, 0.05) is 19.3 Å². The van der Waals surface area contributed by atoms with Gasteiger partial charge in [-0.2, -0.15) is 0 Å². The molecular formula is C14H21N3O4. The lowest BCUT2D eigenvalue weighted by Crippen LogP contribution is -2.47. The number of aromatic nitrogens is 1. The Morgan fingerprint density at radius 1 is 1.43 bits per heavy atom. The summed E-state index contributed by atoms with van der Waals surface area (Å²) in [6, 6.07) is 5.08. The van der Waals surface area contributed by atoms with Crippen LogP contribution in [0.15, 0.2) is 24.4 Å². The lowest BCUT2D eigenvalue weighted by molar-refractivity contribution is -0.141. The first-order valence-electron chi connectivity index (χ1n) is 6.71. The molecule has 0 radical (unpaired) electrons. The molecule has 0 aromatic carbocycles. The Hall–Kier alpha value is -2.15. The molecule has 7 nitrogen and oxygen atoms in total. The number of urea groups is 1. The minimum absolute atomic E-state index is 0.128. The molecule has 0 saturated heterocycles. The van der Waals surface area contributed by atoms with Crippen molar-refractivity contribution in [3.63, 3.8) is 0 Å². The van der Waals surface area contributed by atoms with Gasteiger partial charge in [0.15, 0.2) is 0 Å². The van der Waals surface area contributed by atoms with Gasteiger partial charge in [-0.3, -0.25) is 9.78 Å². The van der Waals surface area contributed by atoms with Gasteiger partial charge in [-0.1, -0.05) is 6.07 Å². The zero-order valence-electron chi connectivity index (χ0n) is 12.2. The molecule has 0 fully saturated rings. The summed E-state index contributed by atoms with van der Waals surface area (Å²) in [4.78, 5) is 28.3. The molecule has 3 N–H and O–H groups in total. The summed E-state index contributed by atoms with van der Waals surface area (Å²) in [7, 11) is 0. The number of aliphatic hydroxyl groups is 1. The van der Waals surface area contributed by atoms with E-state index in [9.17, 15) is 14.7 Å². The molecule has 0 bridgehead atoms. The summed E-state index contributed by atoms with van der Waals surface area (Å²) in [6.07, 6.45) is 1.22. The topological polar surface area (TPSA) is 103 Å². The van der Waals surface area contributed by atoms with Crippen LogP contribution in [0.5, 0.6) is 0 Å². The van der Waals surface area contributed by atoms with Crippen molar-refractivity contribution in [2.75, 3.05) is 13.1 Å². The number of carboxylic acid groups (broad SMARTS) is 1. The first-order chi connectivity index (χ1) is 9.84.